The monoisotopic (exact) mass is 216 g/mol. The molecule has 2 heterocycles. The number of aromatic nitrogens is 1. The van der Waals surface area contributed by atoms with Crippen molar-refractivity contribution in [2.45, 2.75) is 0 Å². The van der Waals surface area contributed by atoms with E-state index in [-0.39, 0.29) is 5.69 Å². The van der Waals surface area contributed by atoms with Crippen LogP contribution in [0.1, 0.15) is 11.1 Å². The number of pyridine rings is 1. The second kappa shape index (κ2) is 4.39. The van der Waals surface area contributed by atoms with Crippen LogP contribution in [0.4, 0.5) is 5.69 Å². The van der Waals surface area contributed by atoms with Crippen LogP contribution in [0.2, 0.25) is 0 Å². The summed E-state index contributed by atoms with van der Waals surface area (Å²) in [6.45, 7) is 0. The molecular formula is C11H8N2O3. The molecule has 2 aromatic rings. The zero-order chi connectivity index (χ0) is 11.4. The third kappa shape index (κ3) is 2.14. The highest BCUT2D eigenvalue weighted by molar-refractivity contribution is 5.73. The molecular weight excluding hydrogens is 208 g/mol. The van der Waals surface area contributed by atoms with Crippen molar-refractivity contribution >= 4 is 17.8 Å². The third-order valence-electron chi connectivity index (χ3n) is 2.03. The van der Waals surface area contributed by atoms with Gasteiger partial charge in [-0.2, -0.15) is 0 Å². The quantitative estimate of drug-likeness (QED) is 0.584. The lowest BCUT2D eigenvalue weighted by Gasteiger charge is -1.94. The van der Waals surface area contributed by atoms with Gasteiger partial charge in [-0.15, -0.1) is 0 Å². The van der Waals surface area contributed by atoms with Crippen LogP contribution >= 0.6 is 0 Å². The highest BCUT2D eigenvalue weighted by Gasteiger charge is 2.09. The van der Waals surface area contributed by atoms with Crippen molar-refractivity contribution in [3.8, 4) is 0 Å². The molecule has 5 nitrogen and oxygen atoms in total. The largest absolute Gasteiger partial charge is 0.472 e. The van der Waals surface area contributed by atoms with E-state index in [0.717, 1.165) is 5.56 Å². The van der Waals surface area contributed by atoms with E-state index in [1.165, 1.54) is 12.4 Å². The molecule has 2 rings (SSSR count). The zero-order valence-corrected chi connectivity index (χ0v) is 8.24. The maximum atomic E-state index is 10.7. The van der Waals surface area contributed by atoms with Crippen LogP contribution in [0.3, 0.4) is 0 Å². The molecule has 0 atom stereocenters. The molecule has 0 fully saturated rings. The van der Waals surface area contributed by atoms with Gasteiger partial charge in [-0.1, -0.05) is 6.08 Å². The van der Waals surface area contributed by atoms with Crippen LogP contribution in [-0.2, 0) is 0 Å². The number of nitrogens with zero attached hydrogens (tertiary/aromatic N) is 2. The van der Waals surface area contributed by atoms with E-state index in [2.05, 4.69) is 4.98 Å². The van der Waals surface area contributed by atoms with Gasteiger partial charge in [-0.3, -0.25) is 15.1 Å². The fourth-order valence-corrected chi connectivity index (χ4v) is 1.25. The first-order valence-electron chi connectivity index (χ1n) is 4.56. The maximum absolute atomic E-state index is 10.7. The van der Waals surface area contributed by atoms with E-state index in [4.69, 9.17) is 4.42 Å². The van der Waals surface area contributed by atoms with Crippen molar-refractivity contribution in [3.63, 3.8) is 0 Å². The molecule has 2 aromatic heterocycles. The Morgan fingerprint density at radius 2 is 2.25 bits per heavy atom. The smallest absolute Gasteiger partial charge is 0.294 e. The van der Waals surface area contributed by atoms with Crippen molar-refractivity contribution in [3.05, 3.63) is 58.3 Å². The summed E-state index contributed by atoms with van der Waals surface area (Å²) in [6, 6.07) is 3.36. The predicted octanol–water partition coefficient (Wildman–Crippen LogP) is 2.75. The van der Waals surface area contributed by atoms with Gasteiger partial charge >= 0.3 is 0 Å². The normalized spacial score (nSPS) is 10.8. The van der Waals surface area contributed by atoms with E-state index in [9.17, 15) is 10.1 Å². The number of hydrogen-bond acceptors (Lipinski definition) is 4. The molecule has 0 aliphatic heterocycles. The first-order valence-corrected chi connectivity index (χ1v) is 4.56. The molecule has 0 radical (unpaired) electrons. The minimum absolute atomic E-state index is 0.0118. The molecule has 0 saturated heterocycles. The van der Waals surface area contributed by atoms with Crippen LogP contribution < -0.4 is 0 Å². The Morgan fingerprint density at radius 1 is 1.38 bits per heavy atom. The van der Waals surface area contributed by atoms with E-state index in [1.807, 2.05) is 0 Å². The SMILES string of the molecule is O=[N+]([O-])c1cnccc1/C=C/c1ccoc1. The van der Waals surface area contributed by atoms with Crippen LogP contribution in [-0.4, -0.2) is 9.91 Å². The molecule has 0 bridgehead atoms. The van der Waals surface area contributed by atoms with Crippen molar-refractivity contribution in [1.29, 1.82) is 0 Å². The molecule has 0 aliphatic rings. The van der Waals surface area contributed by atoms with Crippen LogP contribution in [0.5, 0.6) is 0 Å². The first-order chi connectivity index (χ1) is 7.77. The summed E-state index contributed by atoms with van der Waals surface area (Å²) in [7, 11) is 0. The van der Waals surface area contributed by atoms with E-state index in [1.54, 1.807) is 36.8 Å². The van der Waals surface area contributed by atoms with Crippen LogP contribution in [0, 0.1) is 10.1 Å². The standard InChI is InChI=1S/C11H8N2O3/c14-13(15)11-7-12-5-3-10(11)2-1-9-4-6-16-8-9/h1-8H/b2-1+. The summed E-state index contributed by atoms with van der Waals surface area (Å²) in [5.41, 5.74) is 1.36. The lowest BCUT2D eigenvalue weighted by Crippen LogP contribution is -1.91. The first kappa shape index (κ1) is 10.1. The lowest BCUT2D eigenvalue weighted by molar-refractivity contribution is -0.385. The van der Waals surface area contributed by atoms with Crippen molar-refractivity contribution in [1.82, 2.24) is 4.98 Å². The summed E-state index contributed by atoms with van der Waals surface area (Å²) < 4.78 is 4.88. The molecule has 0 aliphatic carbocycles. The van der Waals surface area contributed by atoms with Crippen molar-refractivity contribution in [2.75, 3.05) is 0 Å². The second-order valence-electron chi connectivity index (χ2n) is 3.08. The van der Waals surface area contributed by atoms with Crippen LogP contribution in [0.25, 0.3) is 12.2 Å². The summed E-state index contributed by atoms with van der Waals surface area (Å²) in [5.74, 6) is 0. The molecule has 0 amide bonds. The molecule has 0 unspecified atom stereocenters. The Balaban J connectivity index is 2.31. The Morgan fingerprint density at radius 3 is 2.94 bits per heavy atom. The molecule has 16 heavy (non-hydrogen) atoms. The number of nitro groups is 1. The second-order valence-corrected chi connectivity index (χ2v) is 3.08. The Hall–Kier alpha value is -2.43. The van der Waals surface area contributed by atoms with Gasteiger partial charge in [0.05, 0.1) is 23.0 Å². The Labute approximate surface area is 91.2 Å². The third-order valence-corrected chi connectivity index (χ3v) is 2.03. The van der Waals surface area contributed by atoms with E-state index >= 15 is 0 Å². The predicted molar refractivity (Wildman–Crippen MR) is 58.5 cm³/mol. The topological polar surface area (TPSA) is 69.2 Å². The highest BCUT2D eigenvalue weighted by Crippen LogP contribution is 2.18. The summed E-state index contributed by atoms with van der Waals surface area (Å²) in [5, 5.41) is 10.7. The number of furan rings is 1. The van der Waals surface area contributed by atoms with Gasteiger partial charge in [-0.05, 0) is 18.2 Å². The minimum atomic E-state index is -0.456. The Kier molecular flexibility index (Phi) is 2.77. The van der Waals surface area contributed by atoms with E-state index in [0.29, 0.717) is 5.56 Å². The molecule has 5 heteroatoms. The molecule has 80 valence electrons. The lowest BCUT2D eigenvalue weighted by atomic mass is 10.2. The minimum Gasteiger partial charge on any atom is -0.472 e. The number of hydrogen-bond donors (Lipinski definition) is 0. The maximum Gasteiger partial charge on any atom is 0.294 e. The molecule has 0 spiro atoms. The van der Waals surface area contributed by atoms with E-state index < -0.39 is 4.92 Å². The van der Waals surface area contributed by atoms with Gasteiger partial charge in [0.25, 0.3) is 5.69 Å². The van der Waals surface area contributed by atoms with Gasteiger partial charge in [0.2, 0.25) is 0 Å². The van der Waals surface area contributed by atoms with Crippen LogP contribution in [0.15, 0.2) is 41.5 Å². The molecule has 0 aromatic carbocycles. The molecule has 0 saturated carbocycles. The van der Waals surface area contributed by atoms with Crippen molar-refractivity contribution < 1.29 is 9.34 Å². The van der Waals surface area contributed by atoms with Gasteiger partial charge < -0.3 is 4.42 Å². The summed E-state index contributed by atoms with van der Waals surface area (Å²) in [4.78, 5) is 14.0. The summed E-state index contributed by atoms with van der Waals surface area (Å²) in [6.07, 6.45) is 9.25. The fourth-order valence-electron chi connectivity index (χ4n) is 1.25. The highest BCUT2D eigenvalue weighted by atomic mass is 16.6. The van der Waals surface area contributed by atoms with Gasteiger partial charge in [0, 0.05) is 11.8 Å². The average Bonchev–Trinajstić information content (AvgIpc) is 2.79. The fraction of sp³-hybridized carbons (Fsp3) is 0. The zero-order valence-electron chi connectivity index (χ0n) is 8.24. The van der Waals surface area contributed by atoms with Gasteiger partial charge in [0.15, 0.2) is 0 Å². The van der Waals surface area contributed by atoms with Gasteiger partial charge in [-0.25, -0.2) is 0 Å². The van der Waals surface area contributed by atoms with Gasteiger partial charge in [0.1, 0.15) is 6.20 Å². The number of rotatable bonds is 3. The summed E-state index contributed by atoms with van der Waals surface area (Å²) >= 11 is 0. The Bertz CT molecular complexity index is 518. The van der Waals surface area contributed by atoms with Crippen molar-refractivity contribution in [2.24, 2.45) is 0 Å². The average molecular weight is 216 g/mol. The molecule has 0 N–H and O–H groups in total.